The number of halogens is 3. The number of hydrogen-bond donors (Lipinski definition) is 4. The van der Waals surface area contributed by atoms with Crippen molar-refractivity contribution in [2.45, 2.75) is 24.5 Å². The van der Waals surface area contributed by atoms with Gasteiger partial charge in [-0.2, -0.15) is 0 Å². The van der Waals surface area contributed by atoms with Gasteiger partial charge >= 0.3 is 0 Å². The van der Waals surface area contributed by atoms with E-state index in [1.807, 2.05) is 0 Å². The van der Waals surface area contributed by atoms with E-state index in [0.717, 1.165) is 0 Å². The molecule has 1 aromatic heterocycles. The maximum absolute atomic E-state index is 11.8. The lowest BCUT2D eigenvalue weighted by Gasteiger charge is -2.19. The monoisotopic (exact) mass is 394 g/mol. The molecule has 10 heteroatoms. The van der Waals surface area contributed by atoms with Crippen molar-refractivity contribution in [3.63, 3.8) is 0 Å². The van der Waals surface area contributed by atoms with Gasteiger partial charge in [0.15, 0.2) is 6.23 Å². The standard InChI is InChI=1S/C14H13Cl3N2O5/c15-5-1-4-7(2-6(5)16)19(12(17)9(4)13(18)23)14-11(22)10(21)8(3-20)24-14/h1-2,8,10-11,14,20-22H,3H2,(H2,18,23)/t8-,10-,11-,14-/m1/s1. The molecule has 4 atom stereocenters. The summed E-state index contributed by atoms with van der Waals surface area (Å²) in [5.74, 6) is -0.797. The van der Waals surface area contributed by atoms with Crippen LogP contribution in [0.3, 0.4) is 0 Å². The van der Waals surface area contributed by atoms with Crippen LogP contribution in [0.5, 0.6) is 0 Å². The third-order valence-corrected chi connectivity index (χ3v) is 5.10. The van der Waals surface area contributed by atoms with E-state index >= 15 is 0 Å². The number of aliphatic hydroxyl groups is 3. The minimum Gasteiger partial charge on any atom is -0.394 e. The Kier molecular flexibility index (Phi) is 4.69. The number of benzene rings is 1. The molecule has 2 heterocycles. The normalized spacial score (nSPS) is 27.1. The highest BCUT2D eigenvalue weighted by Gasteiger charge is 2.45. The molecule has 1 aliphatic heterocycles. The Hall–Kier alpha value is -1.06. The number of carbonyl (C=O) groups is 1. The van der Waals surface area contributed by atoms with Crippen molar-refractivity contribution < 1.29 is 24.9 Å². The molecule has 130 valence electrons. The number of aromatic nitrogens is 1. The third-order valence-electron chi connectivity index (χ3n) is 4.00. The summed E-state index contributed by atoms with van der Waals surface area (Å²) in [5, 5.41) is 30.0. The number of carbonyl (C=O) groups excluding carboxylic acids is 1. The highest BCUT2D eigenvalue weighted by atomic mass is 35.5. The average Bonchev–Trinajstić information content (AvgIpc) is 2.94. The second-order valence-electron chi connectivity index (χ2n) is 5.41. The van der Waals surface area contributed by atoms with E-state index in [0.29, 0.717) is 10.9 Å². The van der Waals surface area contributed by atoms with Gasteiger partial charge in [-0.1, -0.05) is 34.8 Å². The molecule has 0 radical (unpaired) electrons. The fourth-order valence-corrected chi connectivity index (χ4v) is 3.55. The van der Waals surface area contributed by atoms with E-state index in [-0.39, 0.29) is 20.8 Å². The molecule has 3 rings (SSSR count). The van der Waals surface area contributed by atoms with Gasteiger partial charge in [0.1, 0.15) is 23.5 Å². The summed E-state index contributed by atoms with van der Waals surface area (Å²) in [6.07, 6.45) is -4.85. The van der Waals surface area contributed by atoms with Gasteiger partial charge in [0.2, 0.25) is 0 Å². The lowest BCUT2D eigenvalue weighted by Crippen LogP contribution is -2.33. The summed E-state index contributed by atoms with van der Waals surface area (Å²) >= 11 is 18.3. The minimum absolute atomic E-state index is 0.0111. The maximum atomic E-state index is 11.8. The fraction of sp³-hybridized carbons (Fsp3) is 0.357. The maximum Gasteiger partial charge on any atom is 0.252 e. The number of aliphatic hydroxyl groups excluding tert-OH is 3. The van der Waals surface area contributed by atoms with Gasteiger partial charge in [-0.25, -0.2) is 0 Å². The Morgan fingerprint density at radius 1 is 1.21 bits per heavy atom. The second kappa shape index (κ2) is 6.34. The molecule has 0 saturated carbocycles. The Balaban J connectivity index is 2.27. The van der Waals surface area contributed by atoms with E-state index in [1.165, 1.54) is 16.7 Å². The smallest absolute Gasteiger partial charge is 0.252 e. The molecule has 0 unspecified atom stereocenters. The predicted molar refractivity (Wildman–Crippen MR) is 88.5 cm³/mol. The molecular formula is C14H13Cl3N2O5. The van der Waals surface area contributed by atoms with Crippen molar-refractivity contribution in [1.82, 2.24) is 4.57 Å². The topological polar surface area (TPSA) is 118 Å². The Bertz CT molecular complexity index is 825. The second-order valence-corrected chi connectivity index (χ2v) is 6.58. The number of ether oxygens (including phenoxy) is 1. The van der Waals surface area contributed by atoms with E-state index < -0.39 is 37.1 Å². The summed E-state index contributed by atoms with van der Waals surface area (Å²) in [4.78, 5) is 11.8. The molecule has 0 bridgehead atoms. The average molecular weight is 396 g/mol. The van der Waals surface area contributed by atoms with Gasteiger partial charge < -0.3 is 30.4 Å². The minimum atomic E-state index is -1.38. The summed E-state index contributed by atoms with van der Waals surface area (Å²) < 4.78 is 6.77. The van der Waals surface area contributed by atoms with Gasteiger partial charge in [-0.05, 0) is 12.1 Å². The van der Waals surface area contributed by atoms with Crippen LogP contribution in [0.15, 0.2) is 12.1 Å². The first-order valence-electron chi connectivity index (χ1n) is 6.88. The molecule has 24 heavy (non-hydrogen) atoms. The fourth-order valence-electron chi connectivity index (χ4n) is 2.85. The molecule has 1 aromatic carbocycles. The lowest BCUT2D eigenvalue weighted by molar-refractivity contribution is -0.0505. The molecule has 0 aliphatic carbocycles. The van der Waals surface area contributed by atoms with E-state index in [9.17, 15) is 20.1 Å². The lowest BCUT2D eigenvalue weighted by atomic mass is 10.1. The Morgan fingerprint density at radius 2 is 1.83 bits per heavy atom. The van der Waals surface area contributed by atoms with Crippen LogP contribution in [-0.4, -0.2) is 50.7 Å². The molecule has 7 nitrogen and oxygen atoms in total. The van der Waals surface area contributed by atoms with Gasteiger partial charge in [0, 0.05) is 5.39 Å². The van der Waals surface area contributed by atoms with Gasteiger partial charge in [0.05, 0.1) is 27.7 Å². The number of fused-ring (bicyclic) bond motifs is 1. The van der Waals surface area contributed by atoms with Crippen molar-refractivity contribution in [3.8, 4) is 0 Å². The molecular weight excluding hydrogens is 383 g/mol. The molecule has 1 aliphatic rings. The SMILES string of the molecule is NC(=O)c1c(Cl)n([C@@H]2O[C@H](CO)[C@@H](O)[C@H]2O)c2cc(Cl)c(Cl)cc12. The van der Waals surface area contributed by atoms with Crippen LogP contribution in [0.4, 0.5) is 0 Å². The van der Waals surface area contributed by atoms with Crippen molar-refractivity contribution in [1.29, 1.82) is 0 Å². The largest absolute Gasteiger partial charge is 0.394 e. The van der Waals surface area contributed by atoms with Crippen LogP contribution in [0.1, 0.15) is 16.6 Å². The molecule has 1 fully saturated rings. The number of nitrogens with zero attached hydrogens (tertiary/aromatic N) is 1. The highest BCUT2D eigenvalue weighted by Crippen LogP contribution is 2.41. The van der Waals surface area contributed by atoms with Crippen molar-refractivity contribution in [2.75, 3.05) is 6.61 Å². The predicted octanol–water partition coefficient (Wildman–Crippen LogP) is 1.31. The number of amides is 1. The quantitative estimate of drug-likeness (QED) is 0.625. The number of rotatable bonds is 3. The van der Waals surface area contributed by atoms with E-state index in [4.69, 9.17) is 45.3 Å². The van der Waals surface area contributed by atoms with Gasteiger partial charge in [-0.15, -0.1) is 0 Å². The van der Waals surface area contributed by atoms with Crippen molar-refractivity contribution >= 4 is 51.6 Å². The number of primary amides is 1. The molecule has 1 saturated heterocycles. The third kappa shape index (κ3) is 2.57. The first-order chi connectivity index (χ1) is 11.3. The number of nitrogens with two attached hydrogens (primary N) is 1. The molecule has 5 N–H and O–H groups in total. The summed E-state index contributed by atoms with van der Waals surface area (Å²) in [7, 11) is 0. The van der Waals surface area contributed by atoms with Crippen LogP contribution in [0, 0.1) is 0 Å². The summed E-state index contributed by atoms with van der Waals surface area (Å²) in [6, 6.07) is 2.88. The van der Waals surface area contributed by atoms with Crippen LogP contribution >= 0.6 is 34.8 Å². The van der Waals surface area contributed by atoms with Crippen LogP contribution < -0.4 is 5.73 Å². The molecule has 0 spiro atoms. The van der Waals surface area contributed by atoms with Crippen LogP contribution in [-0.2, 0) is 4.74 Å². The Labute approximate surface area is 151 Å². The number of hydrogen-bond acceptors (Lipinski definition) is 5. The van der Waals surface area contributed by atoms with E-state index in [2.05, 4.69) is 0 Å². The van der Waals surface area contributed by atoms with Gasteiger partial charge in [0.25, 0.3) is 5.91 Å². The Morgan fingerprint density at radius 3 is 2.38 bits per heavy atom. The van der Waals surface area contributed by atoms with Crippen LogP contribution in [0.2, 0.25) is 15.2 Å². The first-order valence-corrected chi connectivity index (χ1v) is 8.02. The molecule has 1 amide bonds. The van der Waals surface area contributed by atoms with Crippen molar-refractivity contribution in [3.05, 3.63) is 32.9 Å². The van der Waals surface area contributed by atoms with E-state index in [1.54, 1.807) is 0 Å². The van der Waals surface area contributed by atoms with Crippen LogP contribution in [0.25, 0.3) is 10.9 Å². The van der Waals surface area contributed by atoms with Gasteiger partial charge in [-0.3, -0.25) is 4.79 Å². The zero-order chi connectivity index (χ0) is 17.8. The highest BCUT2D eigenvalue weighted by molar-refractivity contribution is 6.43. The summed E-state index contributed by atoms with van der Waals surface area (Å²) in [5.41, 5.74) is 5.73. The first kappa shape index (κ1) is 17.8. The zero-order valence-electron chi connectivity index (χ0n) is 12.0. The summed E-state index contributed by atoms with van der Waals surface area (Å²) in [6.45, 7) is -0.499. The molecule has 2 aromatic rings. The van der Waals surface area contributed by atoms with Crippen molar-refractivity contribution in [2.24, 2.45) is 5.73 Å². The zero-order valence-corrected chi connectivity index (χ0v) is 14.3.